The van der Waals surface area contributed by atoms with Crippen LogP contribution in [-0.2, 0) is 11.8 Å². The van der Waals surface area contributed by atoms with Crippen LogP contribution >= 0.6 is 0 Å². The van der Waals surface area contributed by atoms with Crippen molar-refractivity contribution in [3.05, 3.63) is 54.0 Å². The van der Waals surface area contributed by atoms with E-state index in [9.17, 15) is 4.79 Å². The lowest BCUT2D eigenvalue weighted by atomic mass is 10.1. The molecule has 0 aliphatic carbocycles. The fourth-order valence-electron chi connectivity index (χ4n) is 3.13. The lowest BCUT2D eigenvalue weighted by Crippen LogP contribution is -2.40. The Morgan fingerprint density at radius 1 is 1.14 bits per heavy atom. The number of amides is 1. The van der Waals surface area contributed by atoms with Crippen molar-refractivity contribution in [3.63, 3.8) is 0 Å². The van der Waals surface area contributed by atoms with Crippen molar-refractivity contribution in [2.45, 2.75) is 6.92 Å². The predicted octanol–water partition coefficient (Wildman–Crippen LogP) is 2.40. The van der Waals surface area contributed by atoms with E-state index in [1.54, 1.807) is 17.1 Å². The maximum absolute atomic E-state index is 12.6. The topological polar surface area (TPSA) is 85.2 Å². The molecule has 0 atom stereocenters. The molecule has 3 aromatic rings. The smallest absolute Gasteiger partial charge is 0.254 e. The number of rotatable bonds is 4. The molecule has 0 spiro atoms. The number of anilines is 2. The minimum absolute atomic E-state index is 0.0354. The van der Waals surface area contributed by atoms with Gasteiger partial charge in [-0.1, -0.05) is 12.1 Å². The van der Waals surface area contributed by atoms with Gasteiger partial charge in [0.25, 0.3) is 5.91 Å². The van der Waals surface area contributed by atoms with E-state index < -0.39 is 0 Å². The molecule has 4 rings (SSSR count). The van der Waals surface area contributed by atoms with Crippen LogP contribution in [0.5, 0.6) is 0 Å². The van der Waals surface area contributed by atoms with E-state index in [2.05, 4.69) is 20.4 Å². The number of carbonyl (C=O) groups excluding carboxylic acids is 1. The van der Waals surface area contributed by atoms with E-state index in [4.69, 9.17) is 4.74 Å². The molecule has 2 aromatic heterocycles. The molecule has 1 aliphatic rings. The van der Waals surface area contributed by atoms with Crippen molar-refractivity contribution in [1.82, 2.24) is 24.6 Å². The van der Waals surface area contributed by atoms with Gasteiger partial charge in [-0.25, -0.2) is 9.97 Å². The predicted molar refractivity (Wildman–Crippen MR) is 105 cm³/mol. The molecule has 8 nitrogen and oxygen atoms in total. The van der Waals surface area contributed by atoms with Gasteiger partial charge < -0.3 is 15.0 Å². The second kappa shape index (κ2) is 7.77. The second-order valence-electron chi connectivity index (χ2n) is 6.73. The van der Waals surface area contributed by atoms with Crippen LogP contribution in [0.25, 0.3) is 11.3 Å². The van der Waals surface area contributed by atoms with E-state index in [-0.39, 0.29) is 5.91 Å². The number of carbonyl (C=O) groups is 1. The number of hydrogen-bond donors (Lipinski definition) is 1. The van der Waals surface area contributed by atoms with Crippen LogP contribution in [0.4, 0.5) is 11.6 Å². The summed E-state index contributed by atoms with van der Waals surface area (Å²) < 4.78 is 7.02. The van der Waals surface area contributed by atoms with Crippen molar-refractivity contribution in [2.24, 2.45) is 7.05 Å². The molecule has 1 saturated heterocycles. The Labute approximate surface area is 163 Å². The van der Waals surface area contributed by atoms with Gasteiger partial charge in [0.15, 0.2) is 0 Å². The summed E-state index contributed by atoms with van der Waals surface area (Å²) >= 11 is 0. The SMILES string of the molecule is Cc1cnc(Nc2cnn(C)c2)nc1-c1ccc(C(=O)N2CCOCC2)cc1. The molecule has 0 unspecified atom stereocenters. The third-order valence-electron chi connectivity index (χ3n) is 4.64. The Hall–Kier alpha value is -3.26. The number of morpholine rings is 1. The molecular weight excluding hydrogens is 356 g/mol. The minimum atomic E-state index is 0.0354. The van der Waals surface area contributed by atoms with Crippen LogP contribution in [0.1, 0.15) is 15.9 Å². The van der Waals surface area contributed by atoms with Crippen LogP contribution in [0.2, 0.25) is 0 Å². The Morgan fingerprint density at radius 2 is 1.89 bits per heavy atom. The fraction of sp³-hybridized carbons (Fsp3) is 0.300. The summed E-state index contributed by atoms with van der Waals surface area (Å²) in [5.41, 5.74) is 4.22. The molecule has 28 heavy (non-hydrogen) atoms. The molecule has 0 radical (unpaired) electrons. The van der Waals surface area contributed by atoms with Crippen LogP contribution in [0.3, 0.4) is 0 Å². The first-order chi connectivity index (χ1) is 13.6. The maximum Gasteiger partial charge on any atom is 0.254 e. The molecule has 1 aliphatic heterocycles. The first-order valence-electron chi connectivity index (χ1n) is 9.17. The summed E-state index contributed by atoms with van der Waals surface area (Å²) in [5.74, 6) is 0.537. The molecule has 0 bridgehead atoms. The summed E-state index contributed by atoms with van der Waals surface area (Å²) in [4.78, 5) is 23.4. The second-order valence-corrected chi connectivity index (χ2v) is 6.73. The van der Waals surface area contributed by atoms with Crippen molar-refractivity contribution in [2.75, 3.05) is 31.6 Å². The number of aryl methyl sites for hydroxylation is 2. The number of aromatic nitrogens is 4. The first-order valence-corrected chi connectivity index (χ1v) is 9.17. The Balaban J connectivity index is 1.54. The molecule has 1 N–H and O–H groups in total. The summed E-state index contributed by atoms with van der Waals surface area (Å²) in [6.45, 7) is 4.42. The lowest BCUT2D eigenvalue weighted by Gasteiger charge is -2.26. The van der Waals surface area contributed by atoms with Crippen LogP contribution in [-0.4, -0.2) is 56.9 Å². The summed E-state index contributed by atoms with van der Waals surface area (Å²) in [5, 5.41) is 7.29. The average Bonchev–Trinajstić information content (AvgIpc) is 3.14. The highest BCUT2D eigenvalue weighted by atomic mass is 16.5. The van der Waals surface area contributed by atoms with E-state index in [0.29, 0.717) is 37.8 Å². The quantitative estimate of drug-likeness (QED) is 0.750. The van der Waals surface area contributed by atoms with Gasteiger partial charge in [0, 0.05) is 43.7 Å². The third-order valence-corrected chi connectivity index (χ3v) is 4.64. The van der Waals surface area contributed by atoms with Crippen molar-refractivity contribution in [3.8, 4) is 11.3 Å². The third kappa shape index (κ3) is 3.86. The molecule has 8 heteroatoms. The fourth-order valence-corrected chi connectivity index (χ4v) is 3.13. The normalized spacial score (nSPS) is 14.1. The van der Waals surface area contributed by atoms with Gasteiger partial charge in [-0.3, -0.25) is 9.48 Å². The van der Waals surface area contributed by atoms with Gasteiger partial charge in [-0.05, 0) is 24.6 Å². The molecule has 1 amide bonds. The summed E-state index contributed by atoms with van der Waals surface area (Å²) in [6, 6.07) is 7.56. The highest BCUT2D eigenvalue weighted by Gasteiger charge is 2.18. The van der Waals surface area contributed by atoms with Crippen molar-refractivity contribution in [1.29, 1.82) is 0 Å². The van der Waals surface area contributed by atoms with Gasteiger partial charge in [0.1, 0.15) is 0 Å². The number of nitrogens with zero attached hydrogens (tertiary/aromatic N) is 5. The molecule has 144 valence electrons. The zero-order valence-corrected chi connectivity index (χ0v) is 15.9. The standard InChI is InChI=1S/C20H22N6O2/c1-14-11-21-20(23-17-12-22-25(2)13-17)24-18(14)15-3-5-16(6-4-15)19(27)26-7-9-28-10-8-26/h3-6,11-13H,7-10H2,1-2H3,(H,21,23,24). The first kappa shape index (κ1) is 18.1. The van der Waals surface area contributed by atoms with Gasteiger partial charge in [-0.2, -0.15) is 5.10 Å². The van der Waals surface area contributed by atoms with Gasteiger partial charge >= 0.3 is 0 Å². The molecule has 1 aromatic carbocycles. The zero-order valence-electron chi connectivity index (χ0n) is 15.9. The Bertz CT molecular complexity index is 977. The Morgan fingerprint density at radius 3 is 2.57 bits per heavy atom. The zero-order chi connectivity index (χ0) is 19.5. The number of nitrogens with one attached hydrogen (secondary N) is 1. The lowest BCUT2D eigenvalue weighted by molar-refractivity contribution is 0.0303. The number of hydrogen-bond acceptors (Lipinski definition) is 6. The number of benzene rings is 1. The van der Waals surface area contributed by atoms with Gasteiger partial charge in [-0.15, -0.1) is 0 Å². The minimum Gasteiger partial charge on any atom is -0.378 e. The van der Waals surface area contributed by atoms with Gasteiger partial charge in [0.05, 0.1) is 30.8 Å². The highest BCUT2D eigenvalue weighted by Crippen LogP contribution is 2.24. The summed E-state index contributed by atoms with van der Waals surface area (Å²) in [6.07, 6.45) is 5.36. The molecule has 1 fully saturated rings. The molecule has 0 saturated carbocycles. The van der Waals surface area contributed by atoms with Gasteiger partial charge in [0.2, 0.25) is 5.95 Å². The van der Waals surface area contributed by atoms with E-state index >= 15 is 0 Å². The maximum atomic E-state index is 12.6. The van der Waals surface area contributed by atoms with Crippen molar-refractivity contribution < 1.29 is 9.53 Å². The number of ether oxygens (including phenoxy) is 1. The largest absolute Gasteiger partial charge is 0.378 e. The highest BCUT2D eigenvalue weighted by molar-refractivity contribution is 5.94. The van der Waals surface area contributed by atoms with E-state index in [1.807, 2.05) is 49.3 Å². The van der Waals surface area contributed by atoms with Crippen molar-refractivity contribution >= 4 is 17.5 Å². The van der Waals surface area contributed by atoms with Crippen LogP contribution < -0.4 is 5.32 Å². The van der Waals surface area contributed by atoms with Crippen LogP contribution in [0.15, 0.2) is 42.9 Å². The van der Waals surface area contributed by atoms with E-state index in [0.717, 1.165) is 22.5 Å². The summed E-state index contributed by atoms with van der Waals surface area (Å²) in [7, 11) is 1.85. The monoisotopic (exact) mass is 378 g/mol. The average molecular weight is 378 g/mol. The molecule has 3 heterocycles. The van der Waals surface area contributed by atoms with E-state index in [1.165, 1.54) is 0 Å². The molecular formula is C20H22N6O2. The van der Waals surface area contributed by atoms with Crippen LogP contribution in [0, 0.1) is 6.92 Å². The Kier molecular flexibility index (Phi) is 5.03.